The quantitative estimate of drug-likeness (QED) is 0.914. The van der Waals surface area contributed by atoms with Crippen LogP contribution in [0.3, 0.4) is 0 Å². The maximum absolute atomic E-state index is 6.44. The first-order chi connectivity index (χ1) is 8.53. The van der Waals surface area contributed by atoms with E-state index in [2.05, 4.69) is 12.2 Å². The van der Waals surface area contributed by atoms with E-state index in [1.54, 1.807) is 14.2 Å². The third-order valence-electron chi connectivity index (χ3n) is 3.78. The molecular weight excluding hydrogens is 250 g/mol. The average molecular weight is 270 g/mol. The number of hydrogen-bond acceptors (Lipinski definition) is 3. The second-order valence-electron chi connectivity index (χ2n) is 4.96. The van der Waals surface area contributed by atoms with Crippen molar-refractivity contribution in [3.8, 4) is 11.5 Å². The van der Waals surface area contributed by atoms with Crippen molar-refractivity contribution in [3.05, 3.63) is 22.2 Å². The predicted octanol–water partition coefficient (Wildman–Crippen LogP) is 3.26. The number of rotatable bonds is 3. The fourth-order valence-electron chi connectivity index (χ4n) is 2.92. The summed E-state index contributed by atoms with van der Waals surface area (Å²) in [4.78, 5) is 0. The van der Waals surface area contributed by atoms with Gasteiger partial charge in [0.15, 0.2) is 11.5 Å². The van der Waals surface area contributed by atoms with Gasteiger partial charge in [-0.25, -0.2) is 0 Å². The summed E-state index contributed by atoms with van der Waals surface area (Å²) in [5.74, 6) is 1.46. The highest BCUT2D eigenvalue weighted by atomic mass is 35.5. The van der Waals surface area contributed by atoms with E-state index in [4.69, 9.17) is 21.1 Å². The van der Waals surface area contributed by atoms with E-state index in [0.29, 0.717) is 5.75 Å². The molecule has 1 aliphatic heterocycles. The fourth-order valence-corrected chi connectivity index (χ4v) is 3.37. The first-order valence-corrected chi connectivity index (χ1v) is 6.58. The highest BCUT2D eigenvalue weighted by Gasteiger charge is 2.35. The summed E-state index contributed by atoms with van der Waals surface area (Å²) in [6.07, 6.45) is 2.25. The summed E-state index contributed by atoms with van der Waals surface area (Å²) in [6.45, 7) is 5.26. The molecule has 1 atom stereocenters. The fraction of sp³-hybridized carbons (Fsp3) is 0.571. The smallest absolute Gasteiger partial charge is 0.164 e. The van der Waals surface area contributed by atoms with E-state index >= 15 is 0 Å². The molecule has 0 bridgehead atoms. The summed E-state index contributed by atoms with van der Waals surface area (Å²) in [7, 11) is 3.29. The highest BCUT2D eigenvalue weighted by molar-refractivity contribution is 6.31. The molecule has 4 heteroatoms. The summed E-state index contributed by atoms with van der Waals surface area (Å²) in [5.41, 5.74) is 2.11. The molecule has 100 valence electrons. The zero-order valence-corrected chi connectivity index (χ0v) is 12.1. The molecule has 1 aromatic rings. The molecule has 0 aliphatic carbocycles. The molecule has 18 heavy (non-hydrogen) atoms. The molecule has 1 N–H and O–H groups in total. The van der Waals surface area contributed by atoms with Crippen molar-refractivity contribution in [1.82, 2.24) is 5.32 Å². The molecule has 1 fully saturated rings. The van der Waals surface area contributed by atoms with Gasteiger partial charge in [0.1, 0.15) is 0 Å². The van der Waals surface area contributed by atoms with Gasteiger partial charge in [0.05, 0.1) is 14.2 Å². The lowest BCUT2D eigenvalue weighted by Gasteiger charge is -2.29. The van der Waals surface area contributed by atoms with Crippen LogP contribution in [0.4, 0.5) is 0 Å². The summed E-state index contributed by atoms with van der Waals surface area (Å²) >= 11 is 6.44. The minimum absolute atomic E-state index is 0.0687. The minimum Gasteiger partial charge on any atom is -0.493 e. The molecule has 2 rings (SSSR count). The van der Waals surface area contributed by atoms with Crippen LogP contribution in [0.5, 0.6) is 11.5 Å². The number of hydrogen-bond donors (Lipinski definition) is 1. The van der Waals surface area contributed by atoms with E-state index in [9.17, 15) is 0 Å². The lowest BCUT2D eigenvalue weighted by molar-refractivity contribution is 0.348. The number of ether oxygens (including phenoxy) is 2. The Bertz CT molecular complexity index is 454. The Hall–Kier alpha value is -0.930. The van der Waals surface area contributed by atoms with Gasteiger partial charge in [0.2, 0.25) is 0 Å². The van der Waals surface area contributed by atoms with Crippen molar-refractivity contribution in [2.45, 2.75) is 32.2 Å². The van der Waals surface area contributed by atoms with Gasteiger partial charge < -0.3 is 14.8 Å². The molecule has 1 aromatic carbocycles. The van der Waals surface area contributed by atoms with Crippen molar-refractivity contribution >= 4 is 11.6 Å². The maximum Gasteiger partial charge on any atom is 0.164 e. The molecule has 0 radical (unpaired) electrons. The number of nitrogens with one attached hydrogen (secondary N) is 1. The Morgan fingerprint density at radius 1 is 1.33 bits per heavy atom. The van der Waals surface area contributed by atoms with E-state index in [1.165, 1.54) is 6.42 Å². The van der Waals surface area contributed by atoms with E-state index in [-0.39, 0.29) is 5.54 Å². The maximum atomic E-state index is 6.44. The van der Waals surface area contributed by atoms with Crippen LogP contribution in [0, 0.1) is 6.92 Å². The molecular formula is C14H20ClNO2. The monoisotopic (exact) mass is 269 g/mol. The van der Waals surface area contributed by atoms with Crippen molar-refractivity contribution in [3.63, 3.8) is 0 Å². The van der Waals surface area contributed by atoms with Crippen LogP contribution in [0.1, 0.15) is 30.9 Å². The molecule has 0 aromatic heterocycles. The topological polar surface area (TPSA) is 30.5 Å². The standard InChI is InChI=1S/C14H20ClNO2/c1-9-12(14(2)6-5-7-16-14)10(15)8-11(17-3)13(9)18-4/h8,16H,5-7H2,1-4H3. The molecule has 1 unspecified atom stereocenters. The van der Waals surface area contributed by atoms with Gasteiger partial charge in [-0.2, -0.15) is 0 Å². The zero-order chi connectivity index (χ0) is 13.3. The lowest BCUT2D eigenvalue weighted by Crippen LogP contribution is -2.34. The third-order valence-corrected chi connectivity index (χ3v) is 4.08. The van der Waals surface area contributed by atoms with Crippen molar-refractivity contribution in [2.24, 2.45) is 0 Å². The summed E-state index contributed by atoms with van der Waals surface area (Å²) in [5, 5.41) is 4.28. The molecule has 0 amide bonds. The van der Waals surface area contributed by atoms with Gasteiger partial charge in [0, 0.05) is 22.2 Å². The van der Waals surface area contributed by atoms with Gasteiger partial charge in [-0.3, -0.25) is 0 Å². The highest BCUT2D eigenvalue weighted by Crippen LogP contribution is 2.44. The van der Waals surface area contributed by atoms with Crippen molar-refractivity contribution < 1.29 is 9.47 Å². The van der Waals surface area contributed by atoms with Crippen molar-refractivity contribution in [2.75, 3.05) is 20.8 Å². The van der Waals surface area contributed by atoms with Gasteiger partial charge >= 0.3 is 0 Å². The molecule has 1 aliphatic rings. The lowest BCUT2D eigenvalue weighted by atomic mass is 9.86. The minimum atomic E-state index is -0.0687. The number of benzene rings is 1. The average Bonchev–Trinajstić information content (AvgIpc) is 2.76. The summed E-state index contributed by atoms with van der Waals surface area (Å²) in [6, 6.07) is 1.84. The normalized spacial score (nSPS) is 23.2. The molecule has 1 saturated heterocycles. The number of methoxy groups -OCH3 is 2. The Morgan fingerprint density at radius 2 is 2.06 bits per heavy atom. The predicted molar refractivity (Wildman–Crippen MR) is 73.9 cm³/mol. The first kappa shape index (κ1) is 13.5. The van der Waals surface area contributed by atoms with Gasteiger partial charge in [-0.15, -0.1) is 0 Å². The Kier molecular flexibility index (Phi) is 3.74. The van der Waals surface area contributed by atoms with Gasteiger partial charge in [-0.05, 0) is 38.8 Å². The van der Waals surface area contributed by atoms with E-state index in [1.807, 2.05) is 13.0 Å². The van der Waals surface area contributed by atoms with Crippen LogP contribution >= 0.6 is 11.6 Å². The van der Waals surface area contributed by atoms with Crippen LogP contribution in [0.15, 0.2) is 6.07 Å². The van der Waals surface area contributed by atoms with Crippen LogP contribution in [0.25, 0.3) is 0 Å². The second-order valence-corrected chi connectivity index (χ2v) is 5.36. The molecule has 3 nitrogen and oxygen atoms in total. The van der Waals surface area contributed by atoms with Gasteiger partial charge in [0.25, 0.3) is 0 Å². The van der Waals surface area contributed by atoms with E-state index < -0.39 is 0 Å². The molecule has 0 spiro atoms. The van der Waals surface area contributed by atoms with Crippen LogP contribution in [-0.4, -0.2) is 20.8 Å². The van der Waals surface area contributed by atoms with Crippen LogP contribution in [0.2, 0.25) is 5.02 Å². The summed E-state index contributed by atoms with van der Waals surface area (Å²) < 4.78 is 10.8. The zero-order valence-electron chi connectivity index (χ0n) is 11.4. The SMILES string of the molecule is COc1cc(Cl)c(C2(C)CCCN2)c(C)c1OC. The number of halogens is 1. The molecule has 1 heterocycles. The third kappa shape index (κ3) is 2.06. The Morgan fingerprint density at radius 3 is 2.56 bits per heavy atom. The van der Waals surface area contributed by atoms with Crippen molar-refractivity contribution in [1.29, 1.82) is 0 Å². The Balaban J connectivity index is 2.60. The Labute approximate surface area is 113 Å². The van der Waals surface area contributed by atoms with Crippen LogP contribution < -0.4 is 14.8 Å². The molecule has 0 saturated carbocycles. The first-order valence-electron chi connectivity index (χ1n) is 6.20. The largest absolute Gasteiger partial charge is 0.493 e. The van der Waals surface area contributed by atoms with Crippen LogP contribution in [-0.2, 0) is 5.54 Å². The second kappa shape index (κ2) is 4.98. The van der Waals surface area contributed by atoms with Gasteiger partial charge in [-0.1, -0.05) is 11.6 Å². The van der Waals surface area contributed by atoms with E-state index in [0.717, 1.165) is 34.9 Å².